The highest BCUT2D eigenvalue weighted by atomic mass is 35.5. The smallest absolute Gasteiger partial charge is 0.223 e. The molecule has 2 heterocycles. The van der Waals surface area contributed by atoms with Crippen molar-refractivity contribution < 1.29 is 0 Å². The molecule has 4 N–H and O–H groups in total. The Kier molecular flexibility index (Phi) is 6.73. The Morgan fingerprint density at radius 3 is 2.66 bits per heavy atom. The summed E-state index contributed by atoms with van der Waals surface area (Å²) in [7, 11) is 2.11. The van der Waals surface area contributed by atoms with Crippen LogP contribution in [0.3, 0.4) is 0 Å². The van der Waals surface area contributed by atoms with E-state index < -0.39 is 0 Å². The van der Waals surface area contributed by atoms with Crippen LogP contribution in [0.5, 0.6) is 0 Å². The van der Waals surface area contributed by atoms with Crippen molar-refractivity contribution in [2.24, 2.45) is 18.7 Å². The lowest BCUT2D eigenvalue weighted by Gasteiger charge is -2.29. The maximum absolute atomic E-state index is 6.51. The summed E-state index contributed by atoms with van der Waals surface area (Å²) in [6.45, 7) is 1.77. The first-order valence-corrected chi connectivity index (χ1v) is 11.4. The predicted molar refractivity (Wildman–Crippen MR) is 119 cm³/mol. The Morgan fingerprint density at radius 1 is 1.17 bits per heavy atom. The summed E-state index contributed by atoms with van der Waals surface area (Å²) in [5.74, 6) is 1.50. The number of halogens is 1. The van der Waals surface area contributed by atoms with Gasteiger partial charge in [-0.25, -0.2) is 9.97 Å². The van der Waals surface area contributed by atoms with Crippen LogP contribution in [0.15, 0.2) is 18.5 Å². The van der Waals surface area contributed by atoms with Crippen molar-refractivity contribution in [1.29, 1.82) is 0 Å². The molecule has 0 atom stereocenters. The number of hydrogen-bond donors (Lipinski definition) is 3. The third kappa shape index (κ3) is 5.30. The van der Waals surface area contributed by atoms with Gasteiger partial charge in [0.2, 0.25) is 5.95 Å². The highest BCUT2D eigenvalue weighted by Crippen LogP contribution is 2.37. The minimum absolute atomic E-state index is 0.415. The minimum atomic E-state index is 0.415. The summed E-state index contributed by atoms with van der Waals surface area (Å²) in [5, 5.41) is 7.78. The first-order valence-electron chi connectivity index (χ1n) is 11.0. The zero-order valence-electron chi connectivity index (χ0n) is 17.3. The van der Waals surface area contributed by atoms with Gasteiger partial charge in [0.05, 0.1) is 16.9 Å². The molecule has 0 radical (unpaired) electrons. The van der Waals surface area contributed by atoms with Gasteiger partial charge in [0.25, 0.3) is 0 Å². The van der Waals surface area contributed by atoms with Gasteiger partial charge < -0.3 is 20.9 Å². The molecule has 0 aromatic carbocycles. The molecule has 2 aromatic heterocycles. The van der Waals surface area contributed by atoms with Crippen LogP contribution >= 0.6 is 11.6 Å². The van der Waals surface area contributed by atoms with E-state index in [1.165, 1.54) is 31.4 Å². The van der Waals surface area contributed by atoms with Gasteiger partial charge in [-0.3, -0.25) is 0 Å². The highest BCUT2D eigenvalue weighted by Gasteiger charge is 2.26. The maximum atomic E-state index is 6.51. The zero-order chi connectivity index (χ0) is 20.2. The molecule has 29 heavy (non-hydrogen) atoms. The maximum Gasteiger partial charge on any atom is 0.223 e. The second-order valence-electron chi connectivity index (χ2n) is 8.61. The van der Waals surface area contributed by atoms with Crippen molar-refractivity contribution >= 4 is 17.5 Å². The average molecular weight is 417 g/mol. The molecule has 4 rings (SSSR count). The standard InChI is InChI=1S/C22H33ClN6/c1-29-12-9-18(20(29)13-15-3-4-15)21-19(23)14-26-22(28-21)27-17-7-5-16(6-8-17)25-11-2-10-24/h9,12,14-17,25H,2-8,10-11,13,24H2,1H3,(H,26,27,28)/t16-,17-. The first kappa shape index (κ1) is 20.6. The average Bonchev–Trinajstić information content (AvgIpc) is 3.48. The van der Waals surface area contributed by atoms with Gasteiger partial charge in [-0.05, 0) is 76.4 Å². The number of nitrogens with two attached hydrogens (primary N) is 1. The molecule has 2 fully saturated rings. The zero-order valence-corrected chi connectivity index (χ0v) is 18.1. The second kappa shape index (κ2) is 9.45. The Bertz CT molecular complexity index is 808. The molecular formula is C22H33ClN6. The van der Waals surface area contributed by atoms with Crippen LogP contribution < -0.4 is 16.4 Å². The van der Waals surface area contributed by atoms with Crippen molar-refractivity contribution in [2.75, 3.05) is 18.4 Å². The highest BCUT2D eigenvalue weighted by molar-refractivity contribution is 6.33. The Labute approximate surface area is 178 Å². The summed E-state index contributed by atoms with van der Waals surface area (Å²) in [6, 6.07) is 3.15. The van der Waals surface area contributed by atoms with Gasteiger partial charge in [0.1, 0.15) is 0 Å². The number of hydrogen-bond acceptors (Lipinski definition) is 5. The summed E-state index contributed by atoms with van der Waals surface area (Å²) in [6.07, 6.45) is 13.2. The van der Waals surface area contributed by atoms with E-state index in [4.69, 9.17) is 22.3 Å². The van der Waals surface area contributed by atoms with E-state index in [-0.39, 0.29) is 0 Å². The number of aromatic nitrogens is 3. The summed E-state index contributed by atoms with van der Waals surface area (Å²) in [4.78, 5) is 9.28. The fourth-order valence-electron chi connectivity index (χ4n) is 4.29. The molecule has 0 spiro atoms. The normalized spacial score (nSPS) is 22.0. The fourth-order valence-corrected chi connectivity index (χ4v) is 4.48. The van der Waals surface area contributed by atoms with E-state index >= 15 is 0 Å². The number of nitrogens with zero attached hydrogens (tertiary/aromatic N) is 3. The fraction of sp³-hybridized carbons (Fsp3) is 0.636. The van der Waals surface area contributed by atoms with Crippen molar-refractivity contribution in [3.05, 3.63) is 29.2 Å². The second-order valence-corrected chi connectivity index (χ2v) is 9.02. The van der Waals surface area contributed by atoms with Crippen LogP contribution in [-0.2, 0) is 13.5 Å². The Morgan fingerprint density at radius 2 is 1.93 bits per heavy atom. The van der Waals surface area contributed by atoms with Gasteiger partial charge >= 0.3 is 0 Å². The third-order valence-corrected chi connectivity index (χ3v) is 6.53. The van der Waals surface area contributed by atoms with Crippen molar-refractivity contribution in [3.8, 4) is 11.3 Å². The predicted octanol–water partition coefficient (Wildman–Crippen LogP) is 3.75. The van der Waals surface area contributed by atoms with Crippen LogP contribution in [0.25, 0.3) is 11.3 Å². The first-order chi connectivity index (χ1) is 14.1. The molecule has 0 unspecified atom stereocenters. The number of anilines is 1. The summed E-state index contributed by atoms with van der Waals surface area (Å²) < 4.78 is 2.21. The molecule has 2 aliphatic carbocycles. The molecule has 2 saturated carbocycles. The van der Waals surface area contributed by atoms with Crippen LogP contribution in [-0.4, -0.2) is 39.7 Å². The van der Waals surface area contributed by atoms with E-state index in [1.54, 1.807) is 6.20 Å². The monoisotopic (exact) mass is 416 g/mol. The Hall–Kier alpha value is -1.63. The molecular weight excluding hydrogens is 384 g/mol. The van der Waals surface area contributed by atoms with Gasteiger partial charge in [-0.2, -0.15) is 0 Å². The van der Waals surface area contributed by atoms with E-state index in [9.17, 15) is 0 Å². The van der Waals surface area contributed by atoms with Gasteiger partial charge in [0.15, 0.2) is 0 Å². The van der Waals surface area contributed by atoms with E-state index in [0.29, 0.717) is 23.1 Å². The number of aryl methyl sites for hydroxylation is 1. The van der Waals surface area contributed by atoms with Crippen LogP contribution in [0.1, 0.15) is 50.6 Å². The van der Waals surface area contributed by atoms with Crippen molar-refractivity contribution in [2.45, 2.75) is 63.5 Å². The molecule has 0 aliphatic heterocycles. The summed E-state index contributed by atoms with van der Waals surface area (Å²) in [5.41, 5.74) is 8.89. The third-order valence-electron chi connectivity index (χ3n) is 6.25. The van der Waals surface area contributed by atoms with Crippen LogP contribution in [0, 0.1) is 5.92 Å². The van der Waals surface area contributed by atoms with Crippen LogP contribution in [0.2, 0.25) is 5.02 Å². The molecule has 2 aliphatic rings. The molecule has 2 aromatic rings. The molecule has 7 heteroatoms. The number of nitrogens with one attached hydrogen (secondary N) is 2. The van der Waals surface area contributed by atoms with Crippen molar-refractivity contribution in [1.82, 2.24) is 19.9 Å². The van der Waals surface area contributed by atoms with Crippen LogP contribution in [0.4, 0.5) is 5.95 Å². The largest absolute Gasteiger partial charge is 0.354 e. The van der Waals surface area contributed by atoms with E-state index in [0.717, 1.165) is 55.9 Å². The quantitative estimate of drug-likeness (QED) is 0.542. The van der Waals surface area contributed by atoms with Gasteiger partial charge in [0, 0.05) is 36.6 Å². The topological polar surface area (TPSA) is 80.8 Å². The van der Waals surface area contributed by atoms with Crippen molar-refractivity contribution in [3.63, 3.8) is 0 Å². The van der Waals surface area contributed by atoms with E-state index in [1.807, 2.05) is 0 Å². The summed E-state index contributed by atoms with van der Waals surface area (Å²) >= 11 is 6.51. The van der Waals surface area contributed by atoms with Gasteiger partial charge in [-0.15, -0.1) is 0 Å². The molecule has 6 nitrogen and oxygen atoms in total. The Balaban J connectivity index is 1.41. The van der Waals surface area contributed by atoms with Gasteiger partial charge in [-0.1, -0.05) is 11.6 Å². The number of rotatable bonds is 9. The molecule has 0 amide bonds. The van der Waals surface area contributed by atoms with E-state index in [2.05, 4.69) is 39.5 Å². The molecule has 158 valence electrons. The SMILES string of the molecule is Cn1ccc(-c2nc(N[C@H]3CC[C@H](NCCCN)CC3)ncc2Cl)c1CC1CC1. The minimum Gasteiger partial charge on any atom is -0.354 e. The molecule has 0 bridgehead atoms. The lowest BCUT2D eigenvalue weighted by atomic mass is 9.91. The molecule has 0 saturated heterocycles. The lowest BCUT2D eigenvalue weighted by molar-refractivity contribution is 0.353. The lowest BCUT2D eigenvalue weighted by Crippen LogP contribution is -2.38.